The van der Waals surface area contributed by atoms with E-state index >= 15 is 0 Å². The molecule has 1 atom stereocenters. The minimum atomic E-state index is -0.769. The fraction of sp³-hybridized carbons (Fsp3) is 0.273. The number of hydrogen-bond donors (Lipinski definition) is 1. The molecule has 154 valence electrons. The maximum Gasteiger partial charge on any atom is 0.268 e. The molecule has 0 bridgehead atoms. The second kappa shape index (κ2) is 7.70. The zero-order chi connectivity index (χ0) is 21.3. The third kappa shape index (κ3) is 4.22. The van der Waals surface area contributed by atoms with E-state index in [4.69, 9.17) is 9.36 Å². The predicted molar refractivity (Wildman–Crippen MR) is 109 cm³/mol. The fourth-order valence-electron chi connectivity index (χ4n) is 2.93. The summed E-state index contributed by atoms with van der Waals surface area (Å²) >= 11 is 0. The SMILES string of the molecule is CC(C)(C)c1nc(-c2ccc(NC(=O)[C@H]3CC(c4cccc(F)c4)=NO3)cc2)no1. The Balaban J connectivity index is 1.38. The number of halogens is 1. The molecule has 4 rings (SSSR count). The molecule has 7 nitrogen and oxygen atoms in total. The van der Waals surface area contributed by atoms with Gasteiger partial charge in [-0.2, -0.15) is 4.98 Å². The highest BCUT2D eigenvalue weighted by Crippen LogP contribution is 2.25. The third-order valence-electron chi connectivity index (χ3n) is 4.60. The van der Waals surface area contributed by atoms with Crippen molar-refractivity contribution in [2.24, 2.45) is 5.16 Å². The maximum atomic E-state index is 13.4. The van der Waals surface area contributed by atoms with Crippen molar-refractivity contribution in [3.05, 3.63) is 65.8 Å². The van der Waals surface area contributed by atoms with Gasteiger partial charge in [0.25, 0.3) is 5.91 Å². The number of nitrogens with one attached hydrogen (secondary N) is 1. The lowest BCUT2D eigenvalue weighted by molar-refractivity contribution is -0.125. The van der Waals surface area contributed by atoms with E-state index in [1.54, 1.807) is 36.4 Å². The van der Waals surface area contributed by atoms with Crippen molar-refractivity contribution in [2.75, 3.05) is 5.32 Å². The molecule has 8 heteroatoms. The Morgan fingerprint density at radius 3 is 2.57 bits per heavy atom. The Bertz CT molecular complexity index is 1100. The van der Waals surface area contributed by atoms with Gasteiger partial charge >= 0.3 is 0 Å². The monoisotopic (exact) mass is 408 g/mol. The molecule has 1 aliphatic rings. The van der Waals surface area contributed by atoms with Gasteiger partial charge in [-0.1, -0.05) is 43.2 Å². The van der Waals surface area contributed by atoms with E-state index in [0.717, 1.165) is 5.56 Å². The number of nitrogens with zero attached hydrogens (tertiary/aromatic N) is 3. The zero-order valence-electron chi connectivity index (χ0n) is 16.8. The average Bonchev–Trinajstić information content (AvgIpc) is 3.39. The highest BCUT2D eigenvalue weighted by Gasteiger charge is 2.29. The molecular formula is C22H21FN4O3. The van der Waals surface area contributed by atoms with Crippen LogP contribution in [0.3, 0.4) is 0 Å². The Hall–Kier alpha value is -3.55. The van der Waals surface area contributed by atoms with E-state index in [1.807, 2.05) is 20.8 Å². The van der Waals surface area contributed by atoms with Crippen molar-refractivity contribution in [3.63, 3.8) is 0 Å². The summed E-state index contributed by atoms with van der Waals surface area (Å²) in [7, 11) is 0. The molecule has 0 saturated carbocycles. The zero-order valence-corrected chi connectivity index (χ0v) is 16.8. The van der Waals surface area contributed by atoms with Crippen LogP contribution in [0.2, 0.25) is 0 Å². The van der Waals surface area contributed by atoms with Crippen LogP contribution in [-0.2, 0) is 15.0 Å². The van der Waals surface area contributed by atoms with Gasteiger partial charge in [0.1, 0.15) is 5.82 Å². The van der Waals surface area contributed by atoms with Gasteiger partial charge < -0.3 is 14.7 Å². The van der Waals surface area contributed by atoms with Crippen molar-refractivity contribution < 1.29 is 18.5 Å². The van der Waals surface area contributed by atoms with E-state index in [0.29, 0.717) is 28.7 Å². The number of carbonyl (C=O) groups is 1. The highest BCUT2D eigenvalue weighted by molar-refractivity contribution is 6.06. The molecule has 0 saturated heterocycles. The molecule has 1 aromatic heterocycles. The van der Waals surface area contributed by atoms with Crippen LogP contribution in [0.5, 0.6) is 0 Å². The van der Waals surface area contributed by atoms with E-state index in [2.05, 4.69) is 20.6 Å². The number of anilines is 1. The van der Waals surface area contributed by atoms with Crippen LogP contribution in [0.25, 0.3) is 11.4 Å². The summed E-state index contributed by atoms with van der Waals surface area (Å²) in [6.45, 7) is 5.99. The molecule has 2 heterocycles. The number of carbonyl (C=O) groups excluding carboxylic acids is 1. The summed E-state index contributed by atoms with van der Waals surface area (Å²) in [5, 5.41) is 10.7. The van der Waals surface area contributed by atoms with Crippen molar-refractivity contribution in [3.8, 4) is 11.4 Å². The Labute approximate surface area is 172 Å². The summed E-state index contributed by atoms with van der Waals surface area (Å²) in [5.41, 5.74) is 2.29. The lowest BCUT2D eigenvalue weighted by Gasteiger charge is -2.10. The molecule has 0 spiro atoms. The molecular weight excluding hydrogens is 387 g/mol. The lowest BCUT2D eigenvalue weighted by Crippen LogP contribution is -2.28. The molecule has 0 unspecified atom stereocenters. The predicted octanol–water partition coefficient (Wildman–Crippen LogP) is 4.30. The van der Waals surface area contributed by atoms with E-state index in [1.165, 1.54) is 12.1 Å². The quantitative estimate of drug-likeness (QED) is 0.695. The van der Waals surface area contributed by atoms with Gasteiger partial charge in [-0.05, 0) is 36.4 Å². The fourth-order valence-corrected chi connectivity index (χ4v) is 2.93. The highest BCUT2D eigenvalue weighted by atomic mass is 19.1. The topological polar surface area (TPSA) is 89.6 Å². The lowest BCUT2D eigenvalue weighted by atomic mass is 9.97. The van der Waals surface area contributed by atoms with Crippen molar-refractivity contribution in [1.82, 2.24) is 10.1 Å². The van der Waals surface area contributed by atoms with E-state index < -0.39 is 6.10 Å². The van der Waals surface area contributed by atoms with Crippen LogP contribution in [0.15, 0.2) is 58.2 Å². The Morgan fingerprint density at radius 1 is 1.13 bits per heavy atom. The van der Waals surface area contributed by atoms with Crippen LogP contribution >= 0.6 is 0 Å². The first-order valence-corrected chi connectivity index (χ1v) is 9.54. The minimum absolute atomic E-state index is 0.229. The van der Waals surface area contributed by atoms with Crippen LogP contribution < -0.4 is 5.32 Å². The van der Waals surface area contributed by atoms with Crippen molar-refractivity contribution >= 4 is 17.3 Å². The molecule has 3 aromatic rings. The van der Waals surface area contributed by atoms with Crippen molar-refractivity contribution in [2.45, 2.75) is 38.7 Å². The molecule has 0 radical (unpaired) electrons. The van der Waals surface area contributed by atoms with Crippen LogP contribution in [-0.4, -0.2) is 27.9 Å². The summed E-state index contributed by atoms with van der Waals surface area (Å²) in [6, 6.07) is 13.2. The van der Waals surface area contributed by atoms with Gasteiger partial charge in [0.2, 0.25) is 17.8 Å². The first-order chi connectivity index (χ1) is 14.3. The Kier molecular flexibility index (Phi) is 5.07. The molecule has 2 aromatic carbocycles. The van der Waals surface area contributed by atoms with Gasteiger partial charge in [-0.3, -0.25) is 4.79 Å². The number of benzene rings is 2. The van der Waals surface area contributed by atoms with E-state index in [9.17, 15) is 9.18 Å². The molecule has 1 aliphatic heterocycles. The average molecular weight is 408 g/mol. The molecule has 1 N–H and O–H groups in total. The third-order valence-corrected chi connectivity index (χ3v) is 4.60. The number of oxime groups is 1. The molecule has 0 fully saturated rings. The molecule has 0 aliphatic carbocycles. The van der Waals surface area contributed by atoms with Gasteiger partial charge in [-0.15, -0.1) is 0 Å². The number of aromatic nitrogens is 2. The van der Waals surface area contributed by atoms with Gasteiger partial charge in [0.15, 0.2) is 0 Å². The first kappa shape index (κ1) is 19.8. The molecule has 1 amide bonds. The second-order valence-corrected chi connectivity index (χ2v) is 8.09. The number of hydrogen-bond acceptors (Lipinski definition) is 6. The van der Waals surface area contributed by atoms with Crippen LogP contribution in [0.4, 0.5) is 10.1 Å². The van der Waals surface area contributed by atoms with E-state index in [-0.39, 0.29) is 23.6 Å². The largest absolute Gasteiger partial charge is 0.382 e. The Morgan fingerprint density at radius 2 is 1.90 bits per heavy atom. The standard InChI is InChI=1S/C22H21FN4O3/c1-22(2,3)21-25-19(27-30-21)13-7-9-16(10-8-13)24-20(28)18-12-17(26-29-18)14-5-4-6-15(23)11-14/h4-11,18H,12H2,1-3H3,(H,24,28)/t18-/m1/s1. The smallest absolute Gasteiger partial charge is 0.268 e. The number of amides is 1. The maximum absolute atomic E-state index is 13.4. The molecule has 30 heavy (non-hydrogen) atoms. The van der Waals surface area contributed by atoms with Crippen LogP contribution in [0.1, 0.15) is 38.6 Å². The van der Waals surface area contributed by atoms with Crippen molar-refractivity contribution in [1.29, 1.82) is 0 Å². The first-order valence-electron chi connectivity index (χ1n) is 9.54. The number of rotatable bonds is 4. The summed E-state index contributed by atoms with van der Waals surface area (Å²) < 4.78 is 18.7. The second-order valence-electron chi connectivity index (χ2n) is 8.09. The van der Waals surface area contributed by atoms with Gasteiger partial charge in [0, 0.05) is 28.7 Å². The summed E-state index contributed by atoms with van der Waals surface area (Å²) in [5.74, 6) is 0.360. The van der Waals surface area contributed by atoms with Gasteiger partial charge in [0.05, 0.1) is 5.71 Å². The minimum Gasteiger partial charge on any atom is -0.382 e. The normalized spacial score (nSPS) is 16.1. The summed E-state index contributed by atoms with van der Waals surface area (Å²) in [6.07, 6.45) is -0.499. The summed E-state index contributed by atoms with van der Waals surface area (Å²) in [4.78, 5) is 22.2. The van der Waals surface area contributed by atoms with Gasteiger partial charge in [-0.25, -0.2) is 4.39 Å². The van der Waals surface area contributed by atoms with Crippen LogP contribution in [0, 0.1) is 5.82 Å².